The van der Waals surface area contributed by atoms with E-state index in [1.165, 1.54) is 0 Å². The van der Waals surface area contributed by atoms with E-state index < -0.39 is 5.97 Å². The van der Waals surface area contributed by atoms with Crippen molar-refractivity contribution < 1.29 is 14.7 Å². The summed E-state index contributed by atoms with van der Waals surface area (Å²) in [4.78, 5) is 24.7. The molecule has 2 rings (SSSR count). The number of nitrogen functional groups attached to an aromatic ring is 1. The highest BCUT2D eigenvalue weighted by Crippen LogP contribution is 2.17. The number of carboxylic acid groups (broad SMARTS) is 1. The number of likely N-dealkylation sites (tertiary alicyclic amines) is 1. The van der Waals surface area contributed by atoms with Crippen molar-refractivity contribution in [3.8, 4) is 0 Å². The predicted molar refractivity (Wildman–Crippen MR) is 76.3 cm³/mol. The Kier molecular flexibility index (Phi) is 4.57. The Hall–Kier alpha value is -2.08. The molecule has 20 heavy (non-hydrogen) atoms. The van der Waals surface area contributed by atoms with Gasteiger partial charge in [0.1, 0.15) is 0 Å². The minimum atomic E-state index is -0.740. The lowest BCUT2D eigenvalue weighted by Gasteiger charge is -2.29. The van der Waals surface area contributed by atoms with Crippen molar-refractivity contribution >= 4 is 23.3 Å². The van der Waals surface area contributed by atoms with Crippen LogP contribution in [0.4, 0.5) is 11.4 Å². The highest BCUT2D eigenvalue weighted by molar-refractivity contribution is 5.92. The number of benzene rings is 1. The quantitative estimate of drug-likeness (QED) is 0.714. The highest BCUT2D eigenvalue weighted by Gasteiger charge is 2.25. The molecule has 0 atom stereocenters. The second-order valence-electron chi connectivity index (χ2n) is 5.06. The van der Waals surface area contributed by atoms with E-state index in [4.69, 9.17) is 10.8 Å². The average Bonchev–Trinajstić information content (AvgIpc) is 2.42. The van der Waals surface area contributed by atoms with Gasteiger partial charge in [-0.25, -0.2) is 0 Å². The third kappa shape index (κ3) is 3.96. The van der Waals surface area contributed by atoms with Crippen molar-refractivity contribution in [2.75, 3.05) is 30.7 Å². The van der Waals surface area contributed by atoms with Crippen molar-refractivity contribution in [1.82, 2.24) is 4.90 Å². The smallest absolute Gasteiger partial charge is 0.306 e. The molecule has 0 radical (unpaired) electrons. The fourth-order valence-corrected chi connectivity index (χ4v) is 2.31. The first-order valence-corrected chi connectivity index (χ1v) is 6.65. The number of carbonyl (C=O) groups is 2. The molecule has 1 aromatic carbocycles. The molecule has 1 heterocycles. The number of nitrogens with one attached hydrogen (secondary N) is 1. The lowest BCUT2D eigenvalue weighted by molar-refractivity contribution is -0.143. The zero-order valence-electron chi connectivity index (χ0n) is 11.2. The number of rotatable bonds is 4. The molecule has 0 aromatic heterocycles. The zero-order chi connectivity index (χ0) is 14.5. The maximum atomic E-state index is 11.9. The van der Waals surface area contributed by atoms with E-state index >= 15 is 0 Å². The summed E-state index contributed by atoms with van der Waals surface area (Å²) >= 11 is 0. The van der Waals surface area contributed by atoms with Crippen LogP contribution in [0.1, 0.15) is 12.8 Å². The normalized spacial score (nSPS) is 16.8. The number of hydrogen-bond acceptors (Lipinski definition) is 4. The SMILES string of the molecule is Nc1ccc(NC(=O)CN2CCC(C(=O)O)CC2)cc1. The standard InChI is InChI=1S/C14H19N3O3/c15-11-1-3-12(4-2-11)16-13(18)9-17-7-5-10(6-8-17)14(19)20/h1-4,10H,5-9,15H2,(H,16,18)(H,19,20). The molecule has 0 bridgehead atoms. The molecule has 1 aliphatic heterocycles. The van der Waals surface area contributed by atoms with Crippen LogP contribution in [0.2, 0.25) is 0 Å². The van der Waals surface area contributed by atoms with Crippen LogP contribution in [-0.2, 0) is 9.59 Å². The van der Waals surface area contributed by atoms with Gasteiger partial charge in [-0.2, -0.15) is 0 Å². The monoisotopic (exact) mass is 277 g/mol. The van der Waals surface area contributed by atoms with Gasteiger partial charge in [0.15, 0.2) is 0 Å². The number of amides is 1. The zero-order valence-corrected chi connectivity index (χ0v) is 11.2. The Morgan fingerprint density at radius 3 is 2.40 bits per heavy atom. The molecule has 1 fully saturated rings. The molecule has 1 amide bonds. The Bertz CT molecular complexity index is 479. The van der Waals surface area contributed by atoms with Crippen molar-refractivity contribution in [3.05, 3.63) is 24.3 Å². The maximum Gasteiger partial charge on any atom is 0.306 e. The third-order valence-corrected chi connectivity index (χ3v) is 3.50. The molecule has 1 saturated heterocycles. The van der Waals surface area contributed by atoms with Crippen LogP contribution < -0.4 is 11.1 Å². The van der Waals surface area contributed by atoms with Crippen molar-refractivity contribution in [2.45, 2.75) is 12.8 Å². The number of hydrogen-bond donors (Lipinski definition) is 3. The van der Waals surface area contributed by atoms with Crippen molar-refractivity contribution in [3.63, 3.8) is 0 Å². The topological polar surface area (TPSA) is 95.7 Å². The Balaban J connectivity index is 1.78. The van der Waals surface area contributed by atoms with Gasteiger partial charge < -0.3 is 16.2 Å². The molecular formula is C14H19N3O3. The summed E-state index contributed by atoms with van der Waals surface area (Å²) in [5, 5.41) is 11.7. The molecule has 6 nitrogen and oxygen atoms in total. The molecule has 0 aliphatic carbocycles. The van der Waals surface area contributed by atoms with Crippen LogP contribution in [0.15, 0.2) is 24.3 Å². The van der Waals surface area contributed by atoms with E-state index in [-0.39, 0.29) is 18.4 Å². The van der Waals surface area contributed by atoms with E-state index in [1.54, 1.807) is 24.3 Å². The maximum absolute atomic E-state index is 11.9. The Morgan fingerprint density at radius 1 is 1.25 bits per heavy atom. The largest absolute Gasteiger partial charge is 0.481 e. The molecule has 4 N–H and O–H groups in total. The van der Waals surface area contributed by atoms with Gasteiger partial charge in [0.2, 0.25) is 5.91 Å². The van der Waals surface area contributed by atoms with Crippen molar-refractivity contribution in [2.24, 2.45) is 5.92 Å². The molecule has 0 spiro atoms. The number of nitrogens with two attached hydrogens (primary N) is 1. The van der Waals surface area contributed by atoms with Gasteiger partial charge in [-0.05, 0) is 50.2 Å². The van der Waals surface area contributed by atoms with Gasteiger partial charge >= 0.3 is 5.97 Å². The van der Waals surface area contributed by atoms with Gasteiger partial charge in [-0.3, -0.25) is 14.5 Å². The van der Waals surface area contributed by atoms with E-state index in [0.717, 1.165) is 0 Å². The number of carbonyl (C=O) groups excluding carboxylic acids is 1. The Morgan fingerprint density at radius 2 is 1.85 bits per heavy atom. The van der Waals surface area contributed by atoms with Crippen LogP contribution in [0.3, 0.4) is 0 Å². The van der Waals surface area contributed by atoms with Gasteiger partial charge in [0.05, 0.1) is 12.5 Å². The van der Waals surface area contributed by atoms with Crippen molar-refractivity contribution in [1.29, 1.82) is 0 Å². The summed E-state index contributed by atoms with van der Waals surface area (Å²) < 4.78 is 0. The molecule has 0 unspecified atom stereocenters. The minimum absolute atomic E-state index is 0.0939. The van der Waals surface area contributed by atoms with Gasteiger partial charge in [0.25, 0.3) is 0 Å². The summed E-state index contributed by atoms with van der Waals surface area (Å²) in [5.41, 5.74) is 6.94. The lowest BCUT2D eigenvalue weighted by Crippen LogP contribution is -2.40. The predicted octanol–water partition coefficient (Wildman–Crippen LogP) is 1.00. The lowest BCUT2D eigenvalue weighted by atomic mass is 9.97. The minimum Gasteiger partial charge on any atom is -0.481 e. The van der Waals surface area contributed by atoms with E-state index in [1.807, 2.05) is 4.90 Å². The average molecular weight is 277 g/mol. The molecule has 108 valence electrons. The first kappa shape index (κ1) is 14.3. The number of aliphatic carboxylic acids is 1. The van der Waals surface area contributed by atoms with Gasteiger partial charge in [-0.1, -0.05) is 0 Å². The van der Waals surface area contributed by atoms with E-state index in [0.29, 0.717) is 37.3 Å². The number of anilines is 2. The van der Waals surface area contributed by atoms with E-state index in [2.05, 4.69) is 5.32 Å². The van der Waals surface area contributed by atoms with Crippen LogP contribution in [0, 0.1) is 5.92 Å². The molecular weight excluding hydrogens is 258 g/mol. The Labute approximate surface area is 117 Å². The van der Waals surface area contributed by atoms with Crippen LogP contribution in [0.25, 0.3) is 0 Å². The summed E-state index contributed by atoms with van der Waals surface area (Å²) in [6.45, 7) is 1.58. The highest BCUT2D eigenvalue weighted by atomic mass is 16.4. The molecule has 1 aliphatic rings. The number of nitrogens with zero attached hydrogens (tertiary/aromatic N) is 1. The van der Waals surface area contributed by atoms with Crippen LogP contribution in [0.5, 0.6) is 0 Å². The summed E-state index contributed by atoms with van der Waals surface area (Å²) in [6, 6.07) is 6.97. The van der Waals surface area contributed by atoms with Gasteiger partial charge in [-0.15, -0.1) is 0 Å². The summed E-state index contributed by atoms with van der Waals surface area (Å²) in [6.07, 6.45) is 1.20. The molecule has 1 aromatic rings. The van der Waals surface area contributed by atoms with E-state index in [9.17, 15) is 9.59 Å². The third-order valence-electron chi connectivity index (χ3n) is 3.50. The second kappa shape index (κ2) is 6.38. The molecule has 6 heteroatoms. The summed E-state index contributed by atoms with van der Waals surface area (Å²) in [5.74, 6) is -1.11. The fraction of sp³-hybridized carbons (Fsp3) is 0.429. The molecule has 0 saturated carbocycles. The number of carboxylic acids is 1. The van der Waals surface area contributed by atoms with Crippen LogP contribution >= 0.6 is 0 Å². The van der Waals surface area contributed by atoms with Gasteiger partial charge in [0, 0.05) is 11.4 Å². The number of piperidine rings is 1. The van der Waals surface area contributed by atoms with Crippen LogP contribution in [-0.4, -0.2) is 41.5 Å². The first-order chi connectivity index (χ1) is 9.54. The first-order valence-electron chi connectivity index (χ1n) is 6.65. The fourth-order valence-electron chi connectivity index (χ4n) is 2.31. The second-order valence-corrected chi connectivity index (χ2v) is 5.06. The summed E-state index contributed by atoms with van der Waals surface area (Å²) in [7, 11) is 0.